The van der Waals surface area contributed by atoms with Crippen molar-refractivity contribution in [2.45, 2.75) is 63.8 Å². The lowest BCUT2D eigenvalue weighted by molar-refractivity contribution is 0.180. The van der Waals surface area contributed by atoms with E-state index in [4.69, 9.17) is 10.7 Å². The molecule has 0 aromatic carbocycles. The van der Waals surface area contributed by atoms with E-state index in [0.29, 0.717) is 37.6 Å². The number of amides is 2. The van der Waals surface area contributed by atoms with Crippen LogP contribution in [0.25, 0.3) is 0 Å². The van der Waals surface area contributed by atoms with Gasteiger partial charge in [-0.1, -0.05) is 19.3 Å². The second kappa shape index (κ2) is 9.99. The SMILES string of the molecule is C=C.N#CCCCNC(=O)N1C(=N)CCC1C1CCCCC1. The van der Waals surface area contributed by atoms with Crippen LogP contribution >= 0.6 is 0 Å². The van der Waals surface area contributed by atoms with Gasteiger partial charge in [-0.3, -0.25) is 10.3 Å². The molecule has 1 unspecified atom stereocenters. The highest BCUT2D eigenvalue weighted by Crippen LogP contribution is 2.34. The van der Waals surface area contributed by atoms with Gasteiger partial charge in [0.1, 0.15) is 5.84 Å². The molecule has 2 N–H and O–H groups in total. The molecule has 0 aromatic heterocycles. The minimum absolute atomic E-state index is 0.138. The molecule has 22 heavy (non-hydrogen) atoms. The fourth-order valence-corrected chi connectivity index (χ4v) is 3.42. The molecule has 1 atom stereocenters. The van der Waals surface area contributed by atoms with Crippen LogP contribution in [0.15, 0.2) is 13.2 Å². The topological polar surface area (TPSA) is 80.0 Å². The highest BCUT2D eigenvalue weighted by molar-refractivity contribution is 5.97. The first-order chi connectivity index (χ1) is 10.7. The molecule has 0 bridgehead atoms. The van der Waals surface area contributed by atoms with Crippen LogP contribution in [-0.2, 0) is 0 Å². The van der Waals surface area contributed by atoms with Gasteiger partial charge in [0.25, 0.3) is 0 Å². The van der Waals surface area contributed by atoms with Crippen molar-refractivity contribution in [3.05, 3.63) is 13.2 Å². The summed E-state index contributed by atoms with van der Waals surface area (Å²) in [6.45, 7) is 6.52. The molecule has 1 heterocycles. The fourth-order valence-electron chi connectivity index (χ4n) is 3.42. The van der Waals surface area contributed by atoms with E-state index in [1.165, 1.54) is 32.1 Å². The smallest absolute Gasteiger partial charge is 0.323 e. The van der Waals surface area contributed by atoms with Crippen LogP contribution < -0.4 is 5.32 Å². The van der Waals surface area contributed by atoms with Gasteiger partial charge in [0.05, 0.1) is 6.07 Å². The van der Waals surface area contributed by atoms with Crippen LogP contribution in [0.5, 0.6) is 0 Å². The molecule has 5 nitrogen and oxygen atoms in total. The van der Waals surface area contributed by atoms with E-state index < -0.39 is 0 Å². The number of likely N-dealkylation sites (tertiary alicyclic amines) is 1. The number of urea groups is 1. The van der Waals surface area contributed by atoms with Gasteiger partial charge in [0.15, 0.2) is 0 Å². The average molecular weight is 304 g/mol. The Hall–Kier alpha value is -1.83. The predicted octanol–water partition coefficient (Wildman–Crippen LogP) is 3.82. The first-order valence-electron chi connectivity index (χ1n) is 8.25. The number of amidine groups is 1. The second-order valence-corrected chi connectivity index (χ2v) is 5.81. The highest BCUT2D eigenvalue weighted by atomic mass is 16.2. The molecular formula is C17H28N4O. The van der Waals surface area contributed by atoms with Crippen LogP contribution in [-0.4, -0.2) is 29.4 Å². The van der Waals surface area contributed by atoms with Gasteiger partial charge in [0, 0.05) is 25.4 Å². The number of rotatable bonds is 4. The summed E-state index contributed by atoms with van der Waals surface area (Å²) in [5, 5.41) is 19.4. The van der Waals surface area contributed by atoms with Crippen molar-refractivity contribution < 1.29 is 4.79 Å². The Morgan fingerprint density at radius 2 is 2.00 bits per heavy atom. The number of nitrogens with one attached hydrogen (secondary N) is 2. The van der Waals surface area contributed by atoms with Gasteiger partial charge in [-0.15, -0.1) is 13.2 Å². The fraction of sp³-hybridized carbons (Fsp3) is 0.706. The third-order valence-electron chi connectivity index (χ3n) is 4.45. The number of unbranched alkanes of at least 4 members (excludes halogenated alkanes) is 1. The van der Waals surface area contributed by atoms with E-state index in [1.54, 1.807) is 4.90 Å². The summed E-state index contributed by atoms with van der Waals surface area (Å²) in [6.07, 6.45) is 8.99. The molecule has 0 spiro atoms. The van der Waals surface area contributed by atoms with Gasteiger partial charge in [0.2, 0.25) is 0 Å². The molecule has 2 fully saturated rings. The normalized spacial score (nSPS) is 21.7. The van der Waals surface area contributed by atoms with E-state index >= 15 is 0 Å². The molecule has 0 radical (unpaired) electrons. The zero-order valence-corrected chi connectivity index (χ0v) is 13.4. The Kier molecular flexibility index (Phi) is 8.27. The summed E-state index contributed by atoms with van der Waals surface area (Å²) in [6, 6.07) is 2.16. The number of nitrogens with zero attached hydrogens (tertiary/aromatic N) is 2. The van der Waals surface area contributed by atoms with Crippen LogP contribution in [0.3, 0.4) is 0 Å². The first kappa shape index (κ1) is 18.2. The molecule has 1 saturated heterocycles. The maximum absolute atomic E-state index is 12.3. The quantitative estimate of drug-likeness (QED) is 0.611. The van der Waals surface area contributed by atoms with Crippen molar-refractivity contribution >= 4 is 11.9 Å². The lowest BCUT2D eigenvalue weighted by Crippen LogP contribution is -2.48. The van der Waals surface area contributed by atoms with Crippen molar-refractivity contribution in [1.29, 1.82) is 10.7 Å². The van der Waals surface area contributed by atoms with Crippen molar-refractivity contribution in [2.75, 3.05) is 6.54 Å². The van der Waals surface area contributed by atoms with E-state index in [9.17, 15) is 4.79 Å². The van der Waals surface area contributed by atoms with Gasteiger partial charge in [-0.2, -0.15) is 5.26 Å². The number of carbonyl (C=O) groups excluding carboxylic acids is 1. The Morgan fingerprint density at radius 3 is 2.64 bits per heavy atom. The minimum Gasteiger partial charge on any atom is -0.338 e. The summed E-state index contributed by atoms with van der Waals surface area (Å²) in [7, 11) is 0. The Balaban J connectivity index is 0.00000116. The van der Waals surface area contributed by atoms with Crippen molar-refractivity contribution in [2.24, 2.45) is 5.92 Å². The van der Waals surface area contributed by atoms with Crippen molar-refractivity contribution in [3.63, 3.8) is 0 Å². The summed E-state index contributed by atoms with van der Waals surface area (Å²) in [5.74, 6) is 1.02. The Morgan fingerprint density at radius 1 is 1.32 bits per heavy atom. The molecule has 1 aliphatic heterocycles. The summed E-state index contributed by atoms with van der Waals surface area (Å²) in [4.78, 5) is 13.9. The van der Waals surface area contributed by atoms with Crippen molar-refractivity contribution in [1.82, 2.24) is 10.2 Å². The lowest BCUT2D eigenvalue weighted by atomic mass is 9.83. The first-order valence-corrected chi connectivity index (χ1v) is 8.25. The molecule has 2 amide bonds. The largest absolute Gasteiger partial charge is 0.338 e. The van der Waals surface area contributed by atoms with Crippen LogP contribution in [0.1, 0.15) is 57.8 Å². The monoisotopic (exact) mass is 304 g/mol. The average Bonchev–Trinajstić information content (AvgIpc) is 2.96. The maximum atomic E-state index is 12.3. The molecular weight excluding hydrogens is 276 g/mol. The molecule has 0 aromatic rings. The van der Waals surface area contributed by atoms with Crippen LogP contribution in [0.4, 0.5) is 4.79 Å². The van der Waals surface area contributed by atoms with Gasteiger partial charge >= 0.3 is 6.03 Å². The van der Waals surface area contributed by atoms with Crippen LogP contribution in [0, 0.1) is 22.7 Å². The van der Waals surface area contributed by atoms with Gasteiger partial charge in [-0.05, 0) is 31.6 Å². The molecule has 5 heteroatoms. The van der Waals surface area contributed by atoms with Crippen LogP contribution in [0.2, 0.25) is 0 Å². The number of hydrogen-bond donors (Lipinski definition) is 2. The molecule has 2 aliphatic rings. The molecule has 122 valence electrons. The standard InChI is InChI=1S/C15H24N4O.C2H4/c16-10-4-5-11-18-15(20)19-13(8-9-14(19)17)12-6-2-1-3-7-12;1-2/h12-13,17H,1-9,11H2,(H,18,20);1-2H2. The minimum atomic E-state index is -0.138. The Labute approximate surface area is 133 Å². The maximum Gasteiger partial charge on any atom is 0.323 e. The number of nitriles is 1. The van der Waals surface area contributed by atoms with Gasteiger partial charge < -0.3 is 5.32 Å². The number of carbonyl (C=O) groups is 1. The summed E-state index contributed by atoms with van der Waals surface area (Å²) < 4.78 is 0. The highest BCUT2D eigenvalue weighted by Gasteiger charge is 2.38. The lowest BCUT2D eigenvalue weighted by Gasteiger charge is -2.33. The van der Waals surface area contributed by atoms with Gasteiger partial charge in [-0.25, -0.2) is 4.79 Å². The zero-order chi connectivity index (χ0) is 16.4. The molecule has 2 rings (SSSR count). The third-order valence-corrected chi connectivity index (χ3v) is 4.45. The molecule has 1 aliphatic carbocycles. The number of hydrogen-bond acceptors (Lipinski definition) is 3. The second-order valence-electron chi connectivity index (χ2n) is 5.81. The summed E-state index contributed by atoms with van der Waals surface area (Å²) >= 11 is 0. The zero-order valence-electron chi connectivity index (χ0n) is 13.4. The Bertz CT molecular complexity index is 409. The third kappa shape index (κ3) is 4.87. The molecule has 1 saturated carbocycles. The van der Waals surface area contributed by atoms with E-state index in [-0.39, 0.29) is 12.1 Å². The van der Waals surface area contributed by atoms with Crippen molar-refractivity contribution in [3.8, 4) is 6.07 Å². The van der Waals surface area contributed by atoms with E-state index in [2.05, 4.69) is 24.5 Å². The van der Waals surface area contributed by atoms with E-state index in [1.807, 2.05) is 0 Å². The van der Waals surface area contributed by atoms with E-state index in [0.717, 1.165) is 6.42 Å². The predicted molar refractivity (Wildman–Crippen MR) is 88.7 cm³/mol. The summed E-state index contributed by atoms with van der Waals surface area (Å²) in [5.41, 5.74) is 0.